The van der Waals surface area contributed by atoms with Crippen LogP contribution in [-0.4, -0.2) is 40.7 Å². The Kier molecular flexibility index (Phi) is 4.22. The van der Waals surface area contributed by atoms with Crippen LogP contribution in [0, 0.1) is 5.82 Å². The molecule has 2 aromatic rings. The van der Waals surface area contributed by atoms with Crippen LogP contribution in [0.4, 0.5) is 10.1 Å². The van der Waals surface area contributed by atoms with E-state index in [1.54, 1.807) is 4.57 Å². The Hall–Kier alpha value is -2.41. The number of aromatic nitrogens is 1. The molecule has 1 heterocycles. The minimum Gasteiger partial charge on any atom is -0.477 e. The molecule has 0 bridgehead atoms. The first-order valence-corrected chi connectivity index (χ1v) is 9.36. The summed E-state index contributed by atoms with van der Waals surface area (Å²) in [6, 6.07) is 1.69. The first-order chi connectivity index (χ1) is 12.8. The zero-order valence-electron chi connectivity index (χ0n) is 15.5. The fourth-order valence-corrected chi connectivity index (χ4v) is 4.43. The van der Waals surface area contributed by atoms with Gasteiger partial charge in [-0.15, -0.1) is 0 Å². The second-order valence-electron chi connectivity index (χ2n) is 8.02. The van der Waals surface area contributed by atoms with Crippen LogP contribution >= 0.6 is 0 Å². The molecule has 0 aliphatic heterocycles. The zero-order valence-corrected chi connectivity index (χ0v) is 15.5. The van der Waals surface area contributed by atoms with Crippen molar-refractivity contribution in [2.24, 2.45) is 0 Å². The molecular weight excluding hydrogens is 349 g/mol. The Balaban J connectivity index is 1.94. The summed E-state index contributed by atoms with van der Waals surface area (Å²) < 4.78 is 16.8. The van der Waals surface area contributed by atoms with Gasteiger partial charge >= 0.3 is 5.97 Å². The maximum atomic E-state index is 15.0. The van der Waals surface area contributed by atoms with Crippen LogP contribution in [0.5, 0.6) is 0 Å². The van der Waals surface area contributed by atoms with E-state index in [0.717, 1.165) is 32.1 Å². The number of pyridine rings is 1. The van der Waals surface area contributed by atoms with Gasteiger partial charge in [0, 0.05) is 23.8 Å². The third kappa shape index (κ3) is 2.90. The van der Waals surface area contributed by atoms with E-state index in [1.165, 1.54) is 12.3 Å². The van der Waals surface area contributed by atoms with Gasteiger partial charge in [0.05, 0.1) is 16.6 Å². The average Bonchev–Trinajstić information content (AvgIpc) is 3.32. The van der Waals surface area contributed by atoms with Crippen molar-refractivity contribution >= 4 is 22.6 Å². The third-order valence-electron chi connectivity index (χ3n) is 6.06. The lowest BCUT2D eigenvalue weighted by Crippen LogP contribution is -2.25. The Labute approximate surface area is 156 Å². The van der Waals surface area contributed by atoms with E-state index >= 15 is 4.39 Å². The van der Waals surface area contributed by atoms with Gasteiger partial charge in [0.15, 0.2) is 0 Å². The number of anilines is 1. The van der Waals surface area contributed by atoms with Gasteiger partial charge in [-0.2, -0.15) is 0 Å². The number of nitrogens with two attached hydrogens (primary N) is 1. The van der Waals surface area contributed by atoms with Gasteiger partial charge in [0.1, 0.15) is 11.4 Å². The third-order valence-corrected chi connectivity index (χ3v) is 6.06. The van der Waals surface area contributed by atoms with Crippen LogP contribution in [0.25, 0.3) is 10.9 Å². The molecule has 0 spiro atoms. The number of hydrogen-bond acceptors (Lipinski definition) is 4. The predicted octanol–water partition coefficient (Wildman–Crippen LogP) is 2.95. The number of nitrogen functional groups attached to an aromatic ring is 1. The fraction of sp³-hybridized carbons (Fsp3) is 0.500. The van der Waals surface area contributed by atoms with Crippen LogP contribution in [-0.2, 0) is 0 Å². The highest BCUT2D eigenvalue weighted by Crippen LogP contribution is 2.44. The number of fused-ring (bicyclic) bond motifs is 1. The molecule has 1 aromatic carbocycles. The first kappa shape index (κ1) is 18.0. The van der Waals surface area contributed by atoms with Crippen molar-refractivity contribution in [3.8, 4) is 0 Å². The highest BCUT2D eigenvalue weighted by Gasteiger charge is 2.33. The van der Waals surface area contributed by atoms with Gasteiger partial charge in [-0.05, 0) is 58.2 Å². The topological polar surface area (TPSA) is 88.6 Å². The van der Waals surface area contributed by atoms with E-state index in [9.17, 15) is 14.7 Å². The number of nitrogens with zero attached hydrogens (tertiary/aromatic N) is 2. The molecule has 2 fully saturated rings. The summed E-state index contributed by atoms with van der Waals surface area (Å²) in [5.41, 5.74) is 6.65. The molecule has 2 atom stereocenters. The second kappa shape index (κ2) is 6.34. The number of halogens is 1. The van der Waals surface area contributed by atoms with E-state index in [-0.39, 0.29) is 28.6 Å². The van der Waals surface area contributed by atoms with E-state index in [1.807, 2.05) is 14.1 Å². The molecule has 2 aliphatic carbocycles. The average molecular weight is 373 g/mol. The number of carbonyl (C=O) groups is 1. The quantitative estimate of drug-likeness (QED) is 0.805. The Bertz CT molecular complexity index is 994. The number of carboxylic acids is 1. The SMILES string of the molecule is CN(C)C1CCC(c2c(F)cc3c(=O)c(C(=O)O)cn(C4CC4)c3c2N)C1. The summed E-state index contributed by atoms with van der Waals surface area (Å²) in [6.45, 7) is 0. The minimum atomic E-state index is -1.30. The van der Waals surface area contributed by atoms with E-state index in [2.05, 4.69) is 4.90 Å². The maximum absolute atomic E-state index is 15.0. The highest BCUT2D eigenvalue weighted by molar-refractivity contribution is 5.97. The van der Waals surface area contributed by atoms with Crippen LogP contribution in [0.2, 0.25) is 0 Å². The molecule has 2 aliphatic rings. The van der Waals surface area contributed by atoms with E-state index in [4.69, 9.17) is 5.73 Å². The molecule has 4 rings (SSSR count). The number of benzene rings is 1. The van der Waals surface area contributed by atoms with Crippen molar-refractivity contribution in [1.82, 2.24) is 9.47 Å². The molecule has 27 heavy (non-hydrogen) atoms. The molecule has 0 amide bonds. The largest absolute Gasteiger partial charge is 0.477 e. The number of rotatable bonds is 4. The molecule has 144 valence electrons. The van der Waals surface area contributed by atoms with Crippen molar-refractivity contribution in [1.29, 1.82) is 0 Å². The molecule has 2 unspecified atom stereocenters. The van der Waals surface area contributed by atoms with Crippen molar-refractivity contribution in [3.63, 3.8) is 0 Å². The standard InChI is InChI=1S/C20H24FN3O3/c1-23(2)12-4-3-10(7-12)16-15(21)8-13-18(17(16)22)24(11-5-6-11)9-14(19(13)25)20(26)27/h8-12H,3-7,22H2,1-2H3,(H,26,27). The molecule has 2 saturated carbocycles. The van der Waals surface area contributed by atoms with Crippen LogP contribution in [0.15, 0.2) is 17.1 Å². The summed E-state index contributed by atoms with van der Waals surface area (Å²) in [4.78, 5) is 26.2. The van der Waals surface area contributed by atoms with E-state index < -0.39 is 17.2 Å². The summed E-state index contributed by atoms with van der Waals surface area (Å²) in [6.07, 6.45) is 5.81. The van der Waals surface area contributed by atoms with E-state index in [0.29, 0.717) is 17.1 Å². The van der Waals surface area contributed by atoms with Gasteiger partial charge in [-0.3, -0.25) is 4.79 Å². The van der Waals surface area contributed by atoms with Crippen molar-refractivity contribution in [3.05, 3.63) is 39.4 Å². The van der Waals surface area contributed by atoms with Crippen molar-refractivity contribution in [2.75, 3.05) is 19.8 Å². The van der Waals surface area contributed by atoms with Crippen LogP contribution in [0.3, 0.4) is 0 Å². The Morgan fingerprint density at radius 1 is 1.30 bits per heavy atom. The predicted molar refractivity (Wildman–Crippen MR) is 102 cm³/mol. The molecule has 1 aromatic heterocycles. The van der Waals surface area contributed by atoms with Gasteiger partial charge < -0.3 is 20.3 Å². The zero-order chi connectivity index (χ0) is 19.5. The molecule has 0 saturated heterocycles. The van der Waals surface area contributed by atoms with Gasteiger partial charge in [-0.1, -0.05) is 0 Å². The number of aromatic carboxylic acids is 1. The molecule has 6 nitrogen and oxygen atoms in total. The lowest BCUT2D eigenvalue weighted by Gasteiger charge is -2.21. The molecule has 3 N–H and O–H groups in total. The van der Waals surface area contributed by atoms with Crippen molar-refractivity contribution < 1.29 is 14.3 Å². The normalized spacial score (nSPS) is 22.7. The lowest BCUT2D eigenvalue weighted by molar-refractivity contribution is 0.0695. The Morgan fingerprint density at radius 3 is 2.56 bits per heavy atom. The molecular formula is C20H24FN3O3. The summed E-state index contributed by atoms with van der Waals surface area (Å²) in [7, 11) is 4.04. The fourth-order valence-electron chi connectivity index (χ4n) is 4.43. The monoisotopic (exact) mass is 373 g/mol. The first-order valence-electron chi connectivity index (χ1n) is 9.36. The van der Waals surface area contributed by atoms with Gasteiger partial charge in [0.25, 0.3) is 0 Å². The molecule has 0 radical (unpaired) electrons. The summed E-state index contributed by atoms with van der Waals surface area (Å²) >= 11 is 0. The van der Waals surface area contributed by atoms with Crippen LogP contribution < -0.4 is 11.2 Å². The smallest absolute Gasteiger partial charge is 0.341 e. The van der Waals surface area contributed by atoms with Crippen LogP contribution in [0.1, 0.15) is 60.0 Å². The Morgan fingerprint density at radius 2 is 2.00 bits per heavy atom. The number of carboxylic acid groups (broad SMARTS) is 1. The van der Waals surface area contributed by atoms with Crippen molar-refractivity contribution in [2.45, 2.75) is 50.1 Å². The minimum absolute atomic E-state index is 0.00343. The maximum Gasteiger partial charge on any atom is 0.341 e. The van der Waals surface area contributed by atoms with Gasteiger partial charge in [0.2, 0.25) is 5.43 Å². The highest BCUT2D eigenvalue weighted by atomic mass is 19.1. The molecule has 7 heteroatoms. The summed E-state index contributed by atoms with van der Waals surface area (Å²) in [5, 5.41) is 9.41. The number of hydrogen-bond donors (Lipinski definition) is 2. The summed E-state index contributed by atoms with van der Waals surface area (Å²) in [5.74, 6) is -1.81. The second-order valence-corrected chi connectivity index (χ2v) is 8.02. The van der Waals surface area contributed by atoms with Gasteiger partial charge in [-0.25, -0.2) is 9.18 Å². The lowest BCUT2D eigenvalue weighted by atomic mass is 9.92.